The maximum atomic E-state index is 12.0. The molecule has 0 aliphatic heterocycles. The lowest BCUT2D eigenvalue weighted by Crippen LogP contribution is -2.15. The SMILES string of the molecule is COc1cc(CC(=O)OCC(=O)c2cccs2)cc(OC)c1OC. The molecule has 0 spiro atoms. The van der Waals surface area contributed by atoms with Gasteiger partial charge in [-0.1, -0.05) is 6.07 Å². The molecular weight excluding hydrogens is 332 g/mol. The molecule has 2 rings (SSSR count). The average molecular weight is 350 g/mol. The number of carbonyl (C=O) groups is 2. The minimum absolute atomic E-state index is 0.00552. The summed E-state index contributed by atoms with van der Waals surface area (Å²) in [7, 11) is 4.50. The molecule has 24 heavy (non-hydrogen) atoms. The smallest absolute Gasteiger partial charge is 0.310 e. The van der Waals surface area contributed by atoms with Gasteiger partial charge in [0.05, 0.1) is 32.6 Å². The summed E-state index contributed by atoms with van der Waals surface area (Å²) in [6.45, 7) is -0.274. The molecule has 1 aromatic heterocycles. The van der Waals surface area contributed by atoms with Gasteiger partial charge in [-0.05, 0) is 29.1 Å². The molecule has 128 valence electrons. The molecule has 0 aliphatic rings. The number of methoxy groups -OCH3 is 3. The number of ether oxygens (including phenoxy) is 4. The highest BCUT2D eigenvalue weighted by Crippen LogP contribution is 2.38. The Morgan fingerprint density at radius 1 is 1.04 bits per heavy atom. The highest BCUT2D eigenvalue weighted by atomic mass is 32.1. The van der Waals surface area contributed by atoms with Crippen molar-refractivity contribution in [2.24, 2.45) is 0 Å². The summed E-state index contributed by atoms with van der Waals surface area (Å²) in [5.41, 5.74) is 0.637. The predicted molar refractivity (Wildman–Crippen MR) is 89.4 cm³/mol. The zero-order valence-electron chi connectivity index (χ0n) is 13.7. The number of ketones is 1. The first-order valence-corrected chi connectivity index (χ1v) is 7.98. The van der Waals surface area contributed by atoms with E-state index in [1.54, 1.807) is 29.6 Å². The minimum atomic E-state index is -0.505. The van der Waals surface area contributed by atoms with E-state index in [0.717, 1.165) is 0 Å². The van der Waals surface area contributed by atoms with Crippen LogP contribution in [0.2, 0.25) is 0 Å². The van der Waals surface area contributed by atoms with E-state index in [1.165, 1.54) is 32.7 Å². The first-order valence-electron chi connectivity index (χ1n) is 7.10. The molecule has 0 fully saturated rings. The van der Waals surface area contributed by atoms with E-state index in [-0.39, 0.29) is 18.8 Å². The Morgan fingerprint density at radius 2 is 1.71 bits per heavy atom. The number of Topliss-reactive ketones (excluding diaryl/α,β-unsaturated/α-hetero) is 1. The predicted octanol–water partition coefficient (Wildman–Crippen LogP) is 2.74. The van der Waals surface area contributed by atoms with Crippen LogP contribution in [-0.4, -0.2) is 39.7 Å². The molecule has 0 unspecified atom stereocenters. The van der Waals surface area contributed by atoms with Crippen LogP contribution in [0.4, 0.5) is 0 Å². The minimum Gasteiger partial charge on any atom is -0.493 e. The first kappa shape index (κ1) is 17.8. The quantitative estimate of drug-likeness (QED) is 0.538. The van der Waals surface area contributed by atoms with Gasteiger partial charge < -0.3 is 18.9 Å². The molecule has 0 saturated heterocycles. The van der Waals surface area contributed by atoms with E-state index < -0.39 is 5.97 Å². The second-order valence-electron chi connectivity index (χ2n) is 4.77. The molecule has 2 aromatic rings. The van der Waals surface area contributed by atoms with Gasteiger partial charge in [-0.15, -0.1) is 11.3 Å². The summed E-state index contributed by atoms with van der Waals surface area (Å²) >= 11 is 1.31. The third-order valence-electron chi connectivity index (χ3n) is 3.23. The molecule has 0 radical (unpaired) electrons. The van der Waals surface area contributed by atoms with Crippen molar-refractivity contribution in [1.29, 1.82) is 0 Å². The van der Waals surface area contributed by atoms with Gasteiger partial charge in [0.2, 0.25) is 11.5 Å². The maximum absolute atomic E-state index is 12.0. The number of esters is 1. The second kappa shape index (κ2) is 8.35. The number of thiophene rings is 1. The van der Waals surface area contributed by atoms with Crippen molar-refractivity contribution >= 4 is 23.1 Å². The van der Waals surface area contributed by atoms with E-state index in [9.17, 15) is 9.59 Å². The van der Waals surface area contributed by atoms with E-state index in [0.29, 0.717) is 27.7 Å². The van der Waals surface area contributed by atoms with Crippen LogP contribution in [-0.2, 0) is 16.0 Å². The topological polar surface area (TPSA) is 71.1 Å². The Bertz CT molecular complexity index is 683. The molecular formula is C17H18O6S. The van der Waals surface area contributed by atoms with E-state index in [2.05, 4.69) is 0 Å². The van der Waals surface area contributed by atoms with Gasteiger partial charge in [-0.2, -0.15) is 0 Å². The lowest BCUT2D eigenvalue weighted by atomic mass is 10.1. The fourth-order valence-corrected chi connectivity index (χ4v) is 2.76. The molecule has 6 nitrogen and oxygen atoms in total. The zero-order chi connectivity index (χ0) is 17.5. The second-order valence-corrected chi connectivity index (χ2v) is 5.72. The summed E-state index contributed by atoms with van der Waals surface area (Å²) in [6, 6.07) is 6.81. The molecule has 0 N–H and O–H groups in total. The third kappa shape index (κ3) is 4.26. The Labute approximate surface area is 143 Å². The number of hydrogen-bond donors (Lipinski definition) is 0. The third-order valence-corrected chi connectivity index (χ3v) is 4.14. The van der Waals surface area contributed by atoms with Gasteiger partial charge in [-0.3, -0.25) is 9.59 Å². The fraction of sp³-hybridized carbons (Fsp3) is 0.294. The van der Waals surface area contributed by atoms with Gasteiger partial charge in [0.1, 0.15) is 0 Å². The van der Waals surface area contributed by atoms with Gasteiger partial charge in [0.15, 0.2) is 18.1 Å². The Hall–Kier alpha value is -2.54. The molecule has 0 aliphatic carbocycles. The molecule has 0 atom stereocenters. The van der Waals surface area contributed by atoms with E-state index in [4.69, 9.17) is 18.9 Å². The van der Waals surface area contributed by atoms with Gasteiger partial charge in [0.25, 0.3) is 0 Å². The monoisotopic (exact) mass is 350 g/mol. The normalized spacial score (nSPS) is 10.1. The largest absolute Gasteiger partial charge is 0.493 e. The van der Waals surface area contributed by atoms with Crippen molar-refractivity contribution in [1.82, 2.24) is 0 Å². The molecule has 0 bridgehead atoms. The number of benzene rings is 1. The average Bonchev–Trinajstić information content (AvgIpc) is 3.13. The van der Waals surface area contributed by atoms with Crippen LogP contribution in [0.25, 0.3) is 0 Å². The molecule has 0 saturated carbocycles. The van der Waals surface area contributed by atoms with Crippen molar-refractivity contribution in [2.75, 3.05) is 27.9 Å². The lowest BCUT2D eigenvalue weighted by Gasteiger charge is -2.13. The summed E-state index contributed by atoms with van der Waals surface area (Å²) in [5, 5.41) is 1.80. The van der Waals surface area contributed by atoms with Gasteiger partial charge >= 0.3 is 5.97 Å². The molecule has 0 amide bonds. The summed E-state index contributed by atoms with van der Waals surface area (Å²) in [6.07, 6.45) is -0.00552. The zero-order valence-corrected chi connectivity index (χ0v) is 14.5. The first-order chi connectivity index (χ1) is 11.6. The highest BCUT2D eigenvalue weighted by molar-refractivity contribution is 7.12. The van der Waals surface area contributed by atoms with Crippen molar-refractivity contribution in [3.05, 3.63) is 40.1 Å². The van der Waals surface area contributed by atoms with Crippen molar-refractivity contribution < 1.29 is 28.5 Å². The van der Waals surface area contributed by atoms with E-state index >= 15 is 0 Å². The Morgan fingerprint density at radius 3 is 2.21 bits per heavy atom. The van der Waals surface area contributed by atoms with Gasteiger partial charge in [-0.25, -0.2) is 0 Å². The Balaban J connectivity index is 2.02. The van der Waals surface area contributed by atoms with Crippen molar-refractivity contribution in [3.8, 4) is 17.2 Å². The van der Waals surface area contributed by atoms with Crippen molar-refractivity contribution in [2.45, 2.75) is 6.42 Å². The van der Waals surface area contributed by atoms with Crippen LogP contribution in [0.1, 0.15) is 15.2 Å². The summed E-state index contributed by atoms with van der Waals surface area (Å²) < 4.78 is 20.7. The molecule has 1 heterocycles. The summed E-state index contributed by atoms with van der Waals surface area (Å²) in [5.74, 6) is 0.631. The van der Waals surface area contributed by atoms with Crippen LogP contribution in [0, 0.1) is 0 Å². The fourth-order valence-electron chi connectivity index (χ4n) is 2.11. The number of rotatable bonds is 8. The Kier molecular flexibility index (Phi) is 6.20. The number of carbonyl (C=O) groups excluding carboxylic acids is 2. The lowest BCUT2D eigenvalue weighted by molar-refractivity contribution is -0.141. The number of hydrogen-bond acceptors (Lipinski definition) is 7. The van der Waals surface area contributed by atoms with Crippen LogP contribution in [0.3, 0.4) is 0 Å². The standard InChI is InChI=1S/C17H18O6S/c1-20-13-7-11(8-14(21-2)17(13)22-3)9-16(19)23-10-12(18)15-5-4-6-24-15/h4-8H,9-10H2,1-3H3. The van der Waals surface area contributed by atoms with Gasteiger partial charge in [0, 0.05) is 0 Å². The summed E-state index contributed by atoms with van der Waals surface area (Å²) in [4.78, 5) is 24.3. The van der Waals surface area contributed by atoms with Crippen LogP contribution in [0.5, 0.6) is 17.2 Å². The molecule has 1 aromatic carbocycles. The molecule has 7 heteroatoms. The van der Waals surface area contributed by atoms with Crippen LogP contribution in [0.15, 0.2) is 29.6 Å². The highest BCUT2D eigenvalue weighted by Gasteiger charge is 2.16. The van der Waals surface area contributed by atoms with Crippen molar-refractivity contribution in [3.63, 3.8) is 0 Å². The van der Waals surface area contributed by atoms with Crippen LogP contribution < -0.4 is 14.2 Å². The van der Waals surface area contributed by atoms with E-state index in [1.807, 2.05) is 0 Å². The maximum Gasteiger partial charge on any atom is 0.310 e. The van der Waals surface area contributed by atoms with Crippen LogP contribution >= 0.6 is 11.3 Å².